The molecule has 2 rings (SSSR count). The van der Waals surface area contributed by atoms with Gasteiger partial charge in [-0.25, -0.2) is 11.0 Å². The Bertz CT molecular complexity index is 856. The lowest BCUT2D eigenvalue weighted by molar-refractivity contribution is -0.144. The van der Waals surface area contributed by atoms with Crippen LogP contribution >= 0.6 is 0 Å². The molecule has 0 radical (unpaired) electrons. The normalized spacial score (nSPS) is 16.1. The summed E-state index contributed by atoms with van der Waals surface area (Å²) in [5, 5.41) is 12.4. The first kappa shape index (κ1) is 28.4. The molecule has 0 bridgehead atoms. The summed E-state index contributed by atoms with van der Waals surface area (Å²) in [5.74, 6) is 6.90. The number of hydrazine groups is 1. The van der Waals surface area contributed by atoms with Gasteiger partial charge in [0.25, 0.3) is 0 Å². The molecule has 0 aliphatic heterocycles. The van der Waals surface area contributed by atoms with E-state index in [0.29, 0.717) is 17.9 Å². The van der Waals surface area contributed by atoms with Crippen molar-refractivity contribution in [2.45, 2.75) is 90.4 Å². The lowest BCUT2D eigenvalue weighted by Gasteiger charge is -2.38. The van der Waals surface area contributed by atoms with Crippen LogP contribution in [-0.4, -0.2) is 60.7 Å². The summed E-state index contributed by atoms with van der Waals surface area (Å²) in [4.78, 5) is 27.7. The van der Waals surface area contributed by atoms with Crippen LogP contribution < -0.4 is 20.6 Å². The minimum absolute atomic E-state index is 0.00405. The smallest absolute Gasteiger partial charge is 0.246 e. The number of carbonyl (C=O) groups is 2. The summed E-state index contributed by atoms with van der Waals surface area (Å²) in [6, 6.07) is 4.75. The van der Waals surface area contributed by atoms with E-state index in [2.05, 4.69) is 15.7 Å². The highest BCUT2D eigenvalue weighted by Crippen LogP contribution is 2.32. The molecule has 10 heteroatoms. The molecular weight excluding hydrogens is 448 g/mol. The summed E-state index contributed by atoms with van der Waals surface area (Å²) in [6.45, 7) is 7.41. The molecule has 1 aliphatic rings. The number of hydrogen-bond acceptors (Lipinski definition) is 7. The van der Waals surface area contributed by atoms with Crippen molar-refractivity contribution < 1.29 is 19.1 Å². The molecule has 196 valence electrons. The van der Waals surface area contributed by atoms with Crippen LogP contribution in [0.5, 0.6) is 11.5 Å². The average Bonchev–Trinajstić information content (AvgIpc) is 2.84. The second kappa shape index (κ2) is 13.9. The van der Waals surface area contributed by atoms with Crippen LogP contribution in [0.2, 0.25) is 0 Å². The number of rotatable bonds is 12. The zero-order valence-corrected chi connectivity index (χ0v) is 22.0. The van der Waals surface area contributed by atoms with Gasteiger partial charge in [0, 0.05) is 12.1 Å². The van der Waals surface area contributed by atoms with Crippen molar-refractivity contribution >= 4 is 11.8 Å². The predicted molar refractivity (Wildman–Crippen MR) is 135 cm³/mol. The highest BCUT2D eigenvalue weighted by atomic mass is 16.5. The summed E-state index contributed by atoms with van der Waals surface area (Å²) >= 11 is 0. The molecule has 35 heavy (non-hydrogen) atoms. The highest BCUT2D eigenvalue weighted by Gasteiger charge is 2.33. The van der Waals surface area contributed by atoms with E-state index in [9.17, 15) is 9.59 Å². The summed E-state index contributed by atoms with van der Waals surface area (Å²) < 4.78 is 10.7. The van der Waals surface area contributed by atoms with Crippen molar-refractivity contribution in [1.82, 2.24) is 15.3 Å². The third-order valence-electron chi connectivity index (χ3n) is 6.27. The maximum absolute atomic E-state index is 13.3. The summed E-state index contributed by atoms with van der Waals surface area (Å²) in [5.41, 5.74) is 0.899. The van der Waals surface area contributed by atoms with Crippen LogP contribution in [0.4, 0.5) is 0 Å². The van der Waals surface area contributed by atoms with Gasteiger partial charge in [0.05, 0.1) is 20.3 Å². The molecule has 1 saturated carbocycles. The molecule has 0 spiro atoms. The van der Waals surface area contributed by atoms with Crippen molar-refractivity contribution in [3.05, 3.63) is 23.8 Å². The maximum Gasteiger partial charge on any atom is 0.246 e. The van der Waals surface area contributed by atoms with Crippen LogP contribution in [0.15, 0.2) is 28.5 Å². The van der Waals surface area contributed by atoms with Gasteiger partial charge in [-0.15, -0.1) is 0 Å². The standard InChI is InChI=1S/C25H42N6O4/c1-7-21(19-13-14-22(34-5)23(15-19)35-6)28-29-30(26)16-24(32)31(20-11-9-8-10-12-20)18(4)25(33)27-17(2)3/h13-15,17-18,20-21H,7-12,16,26H2,1-6H3,(H,27,33)/b29-28-. The zero-order chi connectivity index (χ0) is 26.0. The molecule has 2 unspecified atom stereocenters. The number of ether oxygens (including phenoxy) is 2. The van der Waals surface area contributed by atoms with Crippen molar-refractivity contribution in [3.8, 4) is 11.5 Å². The Morgan fingerprint density at radius 3 is 2.34 bits per heavy atom. The maximum atomic E-state index is 13.3. The minimum atomic E-state index is -0.589. The van der Waals surface area contributed by atoms with Gasteiger partial charge >= 0.3 is 0 Å². The number of hydrogen-bond donors (Lipinski definition) is 2. The van der Waals surface area contributed by atoms with Gasteiger partial charge in [0.15, 0.2) is 11.5 Å². The fraction of sp³-hybridized carbons (Fsp3) is 0.680. The van der Waals surface area contributed by atoms with Crippen LogP contribution in [0.1, 0.15) is 77.8 Å². The van der Waals surface area contributed by atoms with E-state index in [0.717, 1.165) is 42.8 Å². The second-order valence-electron chi connectivity index (χ2n) is 9.27. The average molecular weight is 491 g/mol. The van der Waals surface area contributed by atoms with Crippen molar-refractivity contribution in [3.63, 3.8) is 0 Å². The third-order valence-corrected chi connectivity index (χ3v) is 6.27. The monoisotopic (exact) mass is 490 g/mol. The van der Waals surface area contributed by atoms with E-state index in [4.69, 9.17) is 15.3 Å². The Morgan fingerprint density at radius 2 is 1.77 bits per heavy atom. The largest absolute Gasteiger partial charge is 0.493 e. The number of carbonyl (C=O) groups excluding carboxylic acids is 2. The molecule has 1 fully saturated rings. The van der Waals surface area contributed by atoms with Gasteiger partial charge < -0.3 is 19.7 Å². The van der Waals surface area contributed by atoms with E-state index < -0.39 is 6.04 Å². The van der Waals surface area contributed by atoms with Gasteiger partial charge in [-0.05, 0) is 57.7 Å². The van der Waals surface area contributed by atoms with Crippen molar-refractivity contribution in [2.24, 2.45) is 16.2 Å². The number of nitrogens with two attached hydrogens (primary N) is 1. The first-order chi connectivity index (χ1) is 16.7. The molecule has 1 aliphatic carbocycles. The van der Waals surface area contributed by atoms with Gasteiger partial charge in [-0.3, -0.25) is 9.59 Å². The third kappa shape index (κ3) is 8.09. The number of methoxy groups -OCH3 is 2. The van der Waals surface area contributed by atoms with Gasteiger partial charge in [-0.2, -0.15) is 5.11 Å². The zero-order valence-electron chi connectivity index (χ0n) is 22.0. The Kier molecular flexibility index (Phi) is 11.2. The van der Waals surface area contributed by atoms with E-state index in [1.165, 1.54) is 0 Å². The fourth-order valence-electron chi connectivity index (χ4n) is 4.45. The molecule has 2 atom stereocenters. The molecule has 0 saturated heterocycles. The SMILES string of the molecule is CCC(/N=N\N(N)CC(=O)N(C1CCCCC1)C(C)C(=O)NC(C)C)c1ccc(OC)c(OC)c1. The Balaban J connectivity index is 2.13. The molecular formula is C25H42N6O4. The first-order valence-corrected chi connectivity index (χ1v) is 12.5. The van der Waals surface area contributed by atoms with E-state index in [1.807, 2.05) is 39.0 Å². The summed E-state index contributed by atoms with van der Waals surface area (Å²) in [6.07, 6.45) is 5.69. The van der Waals surface area contributed by atoms with E-state index in [1.54, 1.807) is 26.0 Å². The number of nitrogens with one attached hydrogen (secondary N) is 1. The number of nitrogens with zero attached hydrogens (tertiary/aromatic N) is 4. The number of benzene rings is 1. The van der Waals surface area contributed by atoms with E-state index in [-0.39, 0.29) is 36.5 Å². The second-order valence-corrected chi connectivity index (χ2v) is 9.27. The molecule has 0 heterocycles. The van der Waals surface area contributed by atoms with Crippen LogP contribution in [-0.2, 0) is 9.59 Å². The predicted octanol–water partition coefficient (Wildman–Crippen LogP) is 3.77. The lowest BCUT2D eigenvalue weighted by Crippen LogP contribution is -2.56. The Labute approximate surface area is 209 Å². The number of amides is 2. The van der Waals surface area contributed by atoms with Crippen molar-refractivity contribution in [2.75, 3.05) is 20.8 Å². The van der Waals surface area contributed by atoms with Gasteiger partial charge in [0.1, 0.15) is 12.6 Å². The van der Waals surface area contributed by atoms with Gasteiger partial charge in [0.2, 0.25) is 11.8 Å². The van der Waals surface area contributed by atoms with Crippen LogP contribution in [0, 0.1) is 0 Å². The Morgan fingerprint density at radius 1 is 1.11 bits per heavy atom. The van der Waals surface area contributed by atoms with Crippen LogP contribution in [0.3, 0.4) is 0 Å². The lowest BCUT2D eigenvalue weighted by atomic mass is 9.93. The Hall–Kier alpha value is -2.88. The quantitative estimate of drug-likeness (QED) is 0.261. The first-order valence-electron chi connectivity index (χ1n) is 12.5. The molecule has 3 N–H and O–H groups in total. The molecule has 2 amide bonds. The topological polar surface area (TPSA) is 122 Å². The minimum Gasteiger partial charge on any atom is -0.493 e. The molecule has 1 aromatic carbocycles. The van der Waals surface area contributed by atoms with Crippen molar-refractivity contribution in [1.29, 1.82) is 0 Å². The molecule has 0 aromatic heterocycles. The fourth-order valence-corrected chi connectivity index (χ4v) is 4.45. The van der Waals surface area contributed by atoms with Crippen LogP contribution in [0.25, 0.3) is 0 Å². The van der Waals surface area contributed by atoms with Gasteiger partial charge in [-0.1, -0.05) is 37.5 Å². The molecule has 1 aromatic rings. The highest BCUT2D eigenvalue weighted by molar-refractivity contribution is 5.88. The summed E-state index contributed by atoms with van der Waals surface area (Å²) in [7, 11) is 3.17. The van der Waals surface area contributed by atoms with E-state index >= 15 is 0 Å². The molecule has 10 nitrogen and oxygen atoms in total.